The van der Waals surface area contributed by atoms with E-state index in [-0.39, 0.29) is 11.3 Å². The molecule has 0 saturated carbocycles. The molecule has 0 saturated heterocycles. The Morgan fingerprint density at radius 2 is 1.67 bits per heavy atom. The number of rotatable bonds is 11. The van der Waals surface area contributed by atoms with Gasteiger partial charge in [0, 0.05) is 17.0 Å². The Kier molecular flexibility index (Phi) is 9.49. The number of carbonyl (C=O) groups is 1. The summed E-state index contributed by atoms with van der Waals surface area (Å²) < 4.78 is 34.7. The van der Waals surface area contributed by atoms with Gasteiger partial charge in [0.2, 0.25) is 15.9 Å². The van der Waals surface area contributed by atoms with Crippen molar-refractivity contribution in [3.63, 3.8) is 0 Å². The van der Waals surface area contributed by atoms with Crippen LogP contribution in [0.25, 0.3) is 0 Å². The Bertz CT molecular complexity index is 1540. The highest BCUT2D eigenvalue weighted by atomic mass is 35.5. The molecule has 0 fully saturated rings. The summed E-state index contributed by atoms with van der Waals surface area (Å²) in [6.07, 6.45) is 1.33. The first-order chi connectivity index (χ1) is 18.8. The Hall–Kier alpha value is -3.98. The highest BCUT2D eigenvalue weighted by molar-refractivity contribution is 7.89. The van der Waals surface area contributed by atoms with Crippen molar-refractivity contribution in [1.82, 2.24) is 10.1 Å². The number of amides is 1. The van der Waals surface area contributed by atoms with Crippen molar-refractivity contribution in [1.29, 1.82) is 0 Å². The molecular weight excluding hydrogens is 534 g/mol. The van der Waals surface area contributed by atoms with Crippen molar-refractivity contribution in [2.24, 2.45) is 5.10 Å². The average Bonchev–Trinajstić information content (AvgIpc) is 2.93. The number of aryl methyl sites for hydroxylation is 1. The quantitative estimate of drug-likeness (QED) is 0.179. The lowest BCUT2D eigenvalue weighted by molar-refractivity contribution is -0.121. The minimum Gasteiger partial charge on any atom is -0.488 e. The lowest BCUT2D eigenvalue weighted by Crippen LogP contribution is -2.32. The van der Waals surface area contributed by atoms with Gasteiger partial charge in [0.25, 0.3) is 0 Å². The number of sulfonamides is 1. The zero-order chi connectivity index (χ0) is 27.7. The molecule has 1 amide bonds. The Balaban J connectivity index is 1.42. The van der Waals surface area contributed by atoms with Crippen LogP contribution in [0.4, 0.5) is 0 Å². The summed E-state index contributed by atoms with van der Waals surface area (Å²) in [6, 6.07) is 29.4. The molecule has 39 heavy (non-hydrogen) atoms. The largest absolute Gasteiger partial charge is 0.488 e. The van der Waals surface area contributed by atoms with Gasteiger partial charge in [-0.3, -0.25) is 4.79 Å². The van der Waals surface area contributed by atoms with E-state index in [2.05, 4.69) is 15.2 Å². The fourth-order valence-electron chi connectivity index (χ4n) is 3.80. The van der Waals surface area contributed by atoms with Gasteiger partial charge in [-0.05, 0) is 54.4 Å². The molecular formula is C30H28ClN3O4S. The number of halogens is 1. The van der Waals surface area contributed by atoms with E-state index in [1.54, 1.807) is 48.5 Å². The third-order valence-corrected chi connectivity index (χ3v) is 7.54. The predicted molar refractivity (Wildman–Crippen MR) is 153 cm³/mol. The second-order valence-corrected chi connectivity index (χ2v) is 11.0. The second-order valence-electron chi connectivity index (χ2n) is 8.85. The number of nitrogens with one attached hydrogen (secondary N) is 2. The van der Waals surface area contributed by atoms with Gasteiger partial charge in [0.15, 0.2) is 0 Å². The summed E-state index contributed by atoms with van der Waals surface area (Å²) >= 11 is 6.05. The van der Waals surface area contributed by atoms with E-state index in [1.165, 1.54) is 18.3 Å². The maximum atomic E-state index is 13.0. The summed E-state index contributed by atoms with van der Waals surface area (Å²) in [5.41, 5.74) is 5.69. The number of carbonyl (C=O) groups excluding carboxylic acids is 1. The number of hydrogen-bond acceptors (Lipinski definition) is 5. The van der Waals surface area contributed by atoms with Crippen LogP contribution in [0.3, 0.4) is 0 Å². The SMILES string of the molecule is Cc1ccc(S(=O)(=O)N[C@H](CC(=O)N/N=C\c2ccccc2OCc2cccc(Cl)c2)c2ccccc2)cc1. The van der Waals surface area contributed by atoms with E-state index in [4.69, 9.17) is 16.3 Å². The van der Waals surface area contributed by atoms with Crippen LogP contribution in [0.2, 0.25) is 5.02 Å². The fraction of sp³-hybridized carbons (Fsp3) is 0.133. The van der Waals surface area contributed by atoms with Gasteiger partial charge in [0.1, 0.15) is 12.4 Å². The number of hydrazone groups is 1. The molecule has 4 rings (SSSR count). The lowest BCUT2D eigenvalue weighted by atomic mass is 10.0. The van der Waals surface area contributed by atoms with Crippen molar-refractivity contribution in [2.75, 3.05) is 0 Å². The van der Waals surface area contributed by atoms with Gasteiger partial charge in [-0.15, -0.1) is 0 Å². The van der Waals surface area contributed by atoms with E-state index in [9.17, 15) is 13.2 Å². The van der Waals surface area contributed by atoms with Crippen LogP contribution in [-0.4, -0.2) is 20.5 Å². The van der Waals surface area contributed by atoms with E-state index in [0.29, 0.717) is 28.5 Å². The molecule has 200 valence electrons. The number of hydrogen-bond donors (Lipinski definition) is 2. The van der Waals surface area contributed by atoms with Crippen LogP contribution in [0.1, 0.15) is 34.7 Å². The zero-order valence-electron chi connectivity index (χ0n) is 21.3. The van der Waals surface area contributed by atoms with Crippen molar-refractivity contribution < 1.29 is 17.9 Å². The van der Waals surface area contributed by atoms with Gasteiger partial charge >= 0.3 is 0 Å². The van der Waals surface area contributed by atoms with Crippen LogP contribution in [0.5, 0.6) is 5.75 Å². The minimum absolute atomic E-state index is 0.127. The number of ether oxygens (including phenoxy) is 1. The number of para-hydroxylation sites is 1. The molecule has 0 aromatic heterocycles. The summed E-state index contributed by atoms with van der Waals surface area (Å²) in [5.74, 6) is 0.132. The van der Waals surface area contributed by atoms with Crippen molar-refractivity contribution in [2.45, 2.75) is 30.9 Å². The highest BCUT2D eigenvalue weighted by Gasteiger charge is 2.23. The fourth-order valence-corrected chi connectivity index (χ4v) is 5.23. The molecule has 1 atom stereocenters. The van der Waals surface area contributed by atoms with Gasteiger partial charge in [-0.1, -0.05) is 83.9 Å². The maximum Gasteiger partial charge on any atom is 0.242 e. The summed E-state index contributed by atoms with van der Waals surface area (Å²) in [4.78, 5) is 12.9. The molecule has 0 unspecified atom stereocenters. The summed E-state index contributed by atoms with van der Waals surface area (Å²) in [5, 5.41) is 4.71. The van der Waals surface area contributed by atoms with E-state index in [1.807, 2.05) is 49.4 Å². The van der Waals surface area contributed by atoms with Crippen LogP contribution >= 0.6 is 11.6 Å². The molecule has 0 aliphatic rings. The van der Waals surface area contributed by atoms with Crippen molar-refractivity contribution in [3.8, 4) is 5.75 Å². The molecule has 4 aromatic rings. The van der Waals surface area contributed by atoms with Gasteiger partial charge in [-0.25, -0.2) is 18.6 Å². The molecule has 7 nitrogen and oxygen atoms in total. The van der Waals surface area contributed by atoms with Gasteiger partial charge < -0.3 is 4.74 Å². The Morgan fingerprint density at radius 1 is 0.949 bits per heavy atom. The summed E-state index contributed by atoms with van der Waals surface area (Å²) in [6.45, 7) is 2.20. The normalized spacial score (nSPS) is 12.3. The first kappa shape index (κ1) is 28.0. The van der Waals surface area contributed by atoms with E-state index < -0.39 is 22.0 Å². The van der Waals surface area contributed by atoms with Crippen molar-refractivity contribution in [3.05, 3.63) is 130 Å². The van der Waals surface area contributed by atoms with Gasteiger partial charge in [0.05, 0.1) is 17.2 Å². The average molecular weight is 562 g/mol. The van der Waals surface area contributed by atoms with Crippen LogP contribution in [0, 0.1) is 6.92 Å². The third kappa shape index (κ3) is 8.25. The molecule has 0 aliphatic carbocycles. The molecule has 0 heterocycles. The summed E-state index contributed by atoms with van der Waals surface area (Å²) in [7, 11) is -3.86. The molecule has 0 radical (unpaired) electrons. The molecule has 0 bridgehead atoms. The molecule has 0 spiro atoms. The van der Waals surface area contributed by atoms with E-state index >= 15 is 0 Å². The predicted octanol–water partition coefficient (Wildman–Crippen LogP) is 5.79. The van der Waals surface area contributed by atoms with Gasteiger partial charge in [-0.2, -0.15) is 5.10 Å². The molecule has 2 N–H and O–H groups in total. The third-order valence-electron chi connectivity index (χ3n) is 5.82. The Labute approximate surface area is 233 Å². The highest BCUT2D eigenvalue weighted by Crippen LogP contribution is 2.22. The van der Waals surface area contributed by atoms with Crippen LogP contribution in [0.15, 0.2) is 113 Å². The van der Waals surface area contributed by atoms with Crippen molar-refractivity contribution >= 4 is 33.7 Å². The van der Waals surface area contributed by atoms with E-state index in [0.717, 1.165) is 11.1 Å². The molecule has 9 heteroatoms. The first-order valence-corrected chi connectivity index (χ1v) is 14.1. The minimum atomic E-state index is -3.86. The Morgan fingerprint density at radius 3 is 2.41 bits per heavy atom. The molecule has 0 aliphatic heterocycles. The smallest absolute Gasteiger partial charge is 0.242 e. The number of benzene rings is 4. The topological polar surface area (TPSA) is 96.9 Å². The maximum absolute atomic E-state index is 13.0. The van der Waals surface area contributed by atoms with Crippen LogP contribution < -0.4 is 14.9 Å². The monoisotopic (exact) mass is 561 g/mol. The lowest BCUT2D eigenvalue weighted by Gasteiger charge is -2.18. The zero-order valence-corrected chi connectivity index (χ0v) is 22.8. The standard InChI is InChI=1S/C30H28ClN3O4S/c1-22-14-16-27(17-15-22)39(36,37)34-28(24-9-3-2-4-10-24)19-30(35)33-32-20-25-11-5-6-13-29(25)38-21-23-8-7-12-26(31)18-23/h2-18,20,28,34H,19,21H2,1H3,(H,33,35)/b32-20-/t28-/m1/s1. The number of nitrogens with zero attached hydrogens (tertiary/aromatic N) is 1. The van der Waals surface area contributed by atoms with Crippen LogP contribution in [-0.2, 0) is 21.4 Å². The second kappa shape index (κ2) is 13.2. The first-order valence-electron chi connectivity index (χ1n) is 12.2. The molecule has 4 aromatic carbocycles.